The van der Waals surface area contributed by atoms with Crippen LogP contribution in [0.2, 0.25) is 0 Å². The molecule has 1 aliphatic heterocycles. The van der Waals surface area contributed by atoms with Crippen molar-refractivity contribution < 1.29 is 58.7 Å². The van der Waals surface area contributed by atoms with Gasteiger partial charge in [-0.15, -0.1) is 0 Å². The number of carbonyl (C=O) groups excluding carboxylic acids is 9. The minimum Gasteiger partial charge on any atom is -0.449 e. The van der Waals surface area contributed by atoms with Crippen molar-refractivity contribution in [1.82, 2.24) is 36.8 Å². The van der Waals surface area contributed by atoms with E-state index in [1.165, 1.54) is 0 Å². The van der Waals surface area contributed by atoms with Crippen molar-refractivity contribution in [2.45, 2.75) is 134 Å². The van der Waals surface area contributed by atoms with E-state index >= 15 is 4.79 Å². The number of hydrogen-bond acceptors (Lipinski definition) is 12. The van der Waals surface area contributed by atoms with Gasteiger partial charge in [-0.3, -0.25) is 33.6 Å². The Balaban J connectivity index is 1.00. The van der Waals surface area contributed by atoms with Gasteiger partial charge in [0.15, 0.2) is 5.78 Å². The first kappa shape index (κ1) is 64.0. The monoisotopic (exact) mass is 1190 g/mol. The topological polar surface area (TPSA) is 257 Å². The molecule has 1 aliphatic carbocycles. The van der Waals surface area contributed by atoms with Crippen LogP contribution in [0, 0.1) is 11.8 Å². The van der Waals surface area contributed by atoms with E-state index in [-0.39, 0.29) is 50.7 Å². The third kappa shape index (κ3) is 16.7. The molecular formula is C68H81N7O12. The molecule has 1 saturated heterocycles. The van der Waals surface area contributed by atoms with E-state index in [0.717, 1.165) is 27.2 Å². The number of likely N-dealkylation sites (tertiary alicyclic amines) is 1. The lowest BCUT2D eigenvalue weighted by Gasteiger charge is -2.37. The summed E-state index contributed by atoms with van der Waals surface area (Å²) in [5, 5.41) is 16.3. The number of Topliss-reactive ketones (excluding diaryl/α,β-unsaturated/α-hetero) is 1. The van der Waals surface area contributed by atoms with Crippen LogP contribution in [0.25, 0.3) is 11.1 Å². The smallest absolute Gasteiger partial charge is 0.407 e. The number of hydrogen-bond donors (Lipinski definition) is 6. The lowest BCUT2D eigenvalue weighted by atomic mass is 9.77. The lowest BCUT2D eigenvalue weighted by Crippen LogP contribution is -2.58. The summed E-state index contributed by atoms with van der Waals surface area (Å²) in [4.78, 5) is 127. The number of benzene rings is 5. The second-order valence-electron chi connectivity index (χ2n) is 23.0. The van der Waals surface area contributed by atoms with Gasteiger partial charge in [0, 0.05) is 31.2 Å². The van der Waals surface area contributed by atoms with Gasteiger partial charge in [-0.1, -0.05) is 180 Å². The molecule has 1 heterocycles. The van der Waals surface area contributed by atoms with E-state index in [1.54, 1.807) is 20.8 Å². The van der Waals surface area contributed by atoms with Gasteiger partial charge in [0.2, 0.25) is 35.4 Å². The van der Waals surface area contributed by atoms with Crippen molar-refractivity contribution in [3.8, 4) is 11.1 Å². The summed E-state index contributed by atoms with van der Waals surface area (Å²) in [6, 6.07) is 38.3. The van der Waals surface area contributed by atoms with Gasteiger partial charge >= 0.3 is 12.1 Å². The van der Waals surface area contributed by atoms with Crippen molar-refractivity contribution in [3.63, 3.8) is 0 Å². The van der Waals surface area contributed by atoms with Crippen molar-refractivity contribution in [2.75, 3.05) is 26.2 Å². The quantitative estimate of drug-likeness (QED) is 0.0162. The molecule has 0 unspecified atom stereocenters. The molecule has 5 aromatic rings. The number of carbonyl (C=O) groups is 9. The minimum absolute atomic E-state index is 0.0145. The largest absolute Gasteiger partial charge is 0.449 e. The maximum absolute atomic E-state index is 15.1. The Labute approximate surface area is 510 Å². The highest BCUT2D eigenvalue weighted by Crippen LogP contribution is 2.44. The van der Waals surface area contributed by atoms with Gasteiger partial charge < -0.3 is 51.0 Å². The summed E-state index contributed by atoms with van der Waals surface area (Å²) in [5.74, 6) is -7.32. The minimum atomic E-state index is -1.66. The van der Waals surface area contributed by atoms with Gasteiger partial charge in [0.05, 0.1) is 37.5 Å². The van der Waals surface area contributed by atoms with E-state index in [1.807, 2.05) is 167 Å². The molecule has 0 saturated carbocycles. The Bertz CT molecular complexity index is 3160. The SMILES string of the molecule is [3H]C(=C)OC(=O)[C@@H]1C[C@@H](OC(C)(C)C)CN1C(=O)[C@H](CC(=O)NC(c1ccccc1)(c1ccccc1)c1ccccc1)NC(=O)[C@H](CC)NC(=O)CNC(=O)[C@@H](CC(=O)CNC(=O)[C@H](CC)NC(=O)OCC1c2ccccc2-c2ccccc21)[C@@H](C)CC. The third-order valence-corrected chi connectivity index (χ3v) is 15.9. The Morgan fingerprint density at radius 1 is 0.632 bits per heavy atom. The van der Waals surface area contributed by atoms with Gasteiger partial charge in [0.25, 0.3) is 0 Å². The van der Waals surface area contributed by atoms with E-state index in [9.17, 15) is 38.4 Å². The average molecular weight is 1190 g/mol. The maximum atomic E-state index is 15.1. The number of ether oxygens (including phenoxy) is 3. The first-order valence-corrected chi connectivity index (χ1v) is 29.7. The van der Waals surface area contributed by atoms with Crippen molar-refractivity contribution in [1.29, 1.82) is 0 Å². The number of rotatable bonds is 28. The molecular weight excluding hydrogens is 1110 g/mol. The zero-order valence-electron chi connectivity index (χ0n) is 51.5. The van der Waals surface area contributed by atoms with E-state index < -0.39 is 126 Å². The van der Waals surface area contributed by atoms with E-state index in [0.29, 0.717) is 23.1 Å². The molecule has 7 amide bonds. The van der Waals surface area contributed by atoms with E-state index in [4.69, 9.17) is 15.6 Å². The van der Waals surface area contributed by atoms with Gasteiger partial charge in [0.1, 0.15) is 37.7 Å². The predicted molar refractivity (Wildman–Crippen MR) is 328 cm³/mol. The molecule has 0 spiro atoms. The number of ketones is 1. The first-order valence-electron chi connectivity index (χ1n) is 30.2. The second kappa shape index (κ2) is 30.4. The lowest BCUT2D eigenvalue weighted by molar-refractivity contribution is -0.150. The Hall–Kier alpha value is -8.97. The van der Waals surface area contributed by atoms with Crippen LogP contribution in [0.1, 0.15) is 122 Å². The van der Waals surface area contributed by atoms with Gasteiger partial charge in [-0.2, -0.15) is 0 Å². The highest BCUT2D eigenvalue weighted by molar-refractivity contribution is 5.98. The number of nitrogens with one attached hydrogen (secondary N) is 6. The normalized spacial score (nSPS) is 16.4. The molecule has 1 fully saturated rings. The summed E-state index contributed by atoms with van der Waals surface area (Å²) in [7, 11) is 0. The molecule has 7 rings (SSSR count). The fourth-order valence-electron chi connectivity index (χ4n) is 11.4. The number of esters is 1. The maximum Gasteiger partial charge on any atom is 0.407 e. The number of alkyl carbamates (subject to hydrolysis) is 1. The fraction of sp³-hybridized carbons (Fsp3) is 0.397. The molecule has 0 bridgehead atoms. The molecule has 5 aromatic carbocycles. The Kier molecular flexibility index (Phi) is 22.4. The summed E-state index contributed by atoms with van der Waals surface area (Å²) >= 11 is 0. The molecule has 460 valence electrons. The Morgan fingerprint density at radius 2 is 1.15 bits per heavy atom. The van der Waals surface area contributed by atoms with Crippen LogP contribution in [-0.2, 0) is 58.1 Å². The number of fused-ring (bicyclic) bond motifs is 3. The molecule has 19 heteroatoms. The van der Waals surface area contributed by atoms with E-state index in [2.05, 4.69) is 38.5 Å². The highest BCUT2D eigenvalue weighted by atomic mass is 16.5. The zero-order chi connectivity index (χ0) is 63.7. The highest BCUT2D eigenvalue weighted by Gasteiger charge is 2.46. The zero-order valence-corrected chi connectivity index (χ0v) is 50.5. The first-order chi connectivity index (χ1) is 42.1. The summed E-state index contributed by atoms with van der Waals surface area (Å²) < 4.78 is 24.8. The third-order valence-electron chi connectivity index (χ3n) is 15.9. The molecule has 87 heavy (non-hydrogen) atoms. The van der Waals surface area contributed by atoms with Gasteiger partial charge in [-0.25, -0.2) is 9.59 Å². The summed E-state index contributed by atoms with van der Waals surface area (Å²) in [6.45, 7) is 14.6. The summed E-state index contributed by atoms with van der Waals surface area (Å²) in [6.07, 6.45) is -2.48. The van der Waals surface area contributed by atoms with Crippen LogP contribution >= 0.6 is 0 Å². The molecule has 2 aliphatic rings. The standard InChI is InChI=1S/C68H81N7O12/c1-9-43(5)53(36-47(76)39-69-62(80)55(10-2)73-66(84)86-42-54-51-34-24-22-32-49(51)50-33-23-25-35-52(50)54)61(79)70-40-60(78)71-56(11-3)63(81)72-57(64(82)75-41-48(87-67(6,7)8)37-58(75)65(83)85-12-4)38-59(77)74-68(44-26-16-13-17-27-44,45-28-18-14-19-29-45)46-30-20-15-21-31-46/h12-35,43,48,53-58H,4,9-11,36-42H2,1-3,5-8H3,(H,69,80)(H,70,79)(H,71,78)(H,72,81)(H,73,84)(H,74,77)/t43-,48+,53-,55-,56-,57-,58-/m0/s1/i12T. The fourth-order valence-corrected chi connectivity index (χ4v) is 11.4. The molecule has 19 nitrogen and oxygen atoms in total. The average Bonchev–Trinajstić information content (AvgIpc) is 1.98. The van der Waals surface area contributed by atoms with Crippen molar-refractivity contribution in [3.05, 3.63) is 180 Å². The van der Waals surface area contributed by atoms with Crippen molar-refractivity contribution >= 4 is 53.3 Å². The molecule has 7 atom stereocenters. The van der Waals surface area contributed by atoms with Crippen molar-refractivity contribution in [2.24, 2.45) is 11.8 Å². The van der Waals surface area contributed by atoms with Crippen LogP contribution in [-0.4, -0.2) is 120 Å². The number of nitrogens with zero attached hydrogens (tertiary/aromatic N) is 1. The van der Waals surface area contributed by atoms with Gasteiger partial charge in [-0.05, 0) is 78.5 Å². The van der Waals surface area contributed by atoms with Crippen LogP contribution < -0.4 is 31.9 Å². The molecule has 6 N–H and O–H groups in total. The van der Waals surface area contributed by atoms with Crippen LogP contribution in [0.4, 0.5) is 4.79 Å². The predicted octanol–water partition coefficient (Wildman–Crippen LogP) is 7.51. The van der Waals surface area contributed by atoms with Crippen LogP contribution in [0.3, 0.4) is 0 Å². The number of amides is 7. The Morgan fingerprint density at radius 3 is 1.67 bits per heavy atom. The molecule has 0 aromatic heterocycles. The second-order valence-corrected chi connectivity index (χ2v) is 23.0. The van der Waals surface area contributed by atoms with Crippen LogP contribution in [0.15, 0.2) is 152 Å². The molecule has 0 radical (unpaired) electrons. The van der Waals surface area contributed by atoms with Crippen LogP contribution in [0.5, 0.6) is 0 Å². The summed E-state index contributed by atoms with van der Waals surface area (Å²) in [5.41, 5.74) is 4.21.